The van der Waals surface area contributed by atoms with E-state index in [0.717, 1.165) is 22.5 Å². The summed E-state index contributed by atoms with van der Waals surface area (Å²) in [6, 6.07) is 24.2. The molecule has 186 valence electrons. The lowest BCUT2D eigenvalue weighted by Crippen LogP contribution is -2.24. The molecule has 4 N–H and O–H groups in total. The molecule has 3 aromatic carbocycles. The van der Waals surface area contributed by atoms with Gasteiger partial charge in [0.05, 0.1) is 12.4 Å². The molecular formula is C28H32N6S2. The molecule has 0 saturated carbocycles. The van der Waals surface area contributed by atoms with Gasteiger partial charge >= 0.3 is 0 Å². The Morgan fingerprint density at radius 3 is 1.39 bits per heavy atom. The first-order chi connectivity index (χ1) is 17.3. The van der Waals surface area contributed by atoms with E-state index in [-0.39, 0.29) is 0 Å². The van der Waals surface area contributed by atoms with E-state index in [1.165, 1.54) is 11.1 Å². The van der Waals surface area contributed by atoms with Crippen molar-refractivity contribution >= 4 is 58.5 Å². The number of hydrogen-bond donors (Lipinski definition) is 4. The van der Waals surface area contributed by atoms with Crippen molar-refractivity contribution in [3.8, 4) is 0 Å². The van der Waals surface area contributed by atoms with Crippen molar-refractivity contribution in [3.63, 3.8) is 0 Å². The monoisotopic (exact) mass is 516 g/mol. The van der Waals surface area contributed by atoms with Gasteiger partial charge in [0.2, 0.25) is 0 Å². The topological polar surface area (TPSA) is 72.8 Å². The maximum absolute atomic E-state index is 5.32. The van der Waals surface area contributed by atoms with Gasteiger partial charge in [0.1, 0.15) is 0 Å². The number of nitrogens with zero attached hydrogens (tertiary/aromatic N) is 2. The molecule has 0 aliphatic heterocycles. The summed E-state index contributed by atoms with van der Waals surface area (Å²) in [5.41, 5.74) is 11.9. The van der Waals surface area contributed by atoms with Gasteiger partial charge in [-0.25, -0.2) is 0 Å². The maximum atomic E-state index is 5.32. The molecule has 6 nitrogen and oxygen atoms in total. The van der Waals surface area contributed by atoms with Crippen molar-refractivity contribution in [1.82, 2.24) is 10.9 Å². The summed E-state index contributed by atoms with van der Waals surface area (Å²) >= 11 is 10.6. The van der Waals surface area contributed by atoms with Gasteiger partial charge in [-0.3, -0.25) is 10.9 Å². The maximum Gasteiger partial charge on any atom is 0.191 e. The van der Waals surface area contributed by atoms with E-state index in [2.05, 4.69) is 83.6 Å². The molecule has 0 radical (unpaired) electrons. The summed E-state index contributed by atoms with van der Waals surface area (Å²) in [7, 11) is 0. The van der Waals surface area contributed by atoms with E-state index in [1.54, 1.807) is 12.4 Å². The highest BCUT2D eigenvalue weighted by atomic mass is 32.1. The minimum Gasteiger partial charge on any atom is -0.331 e. The van der Waals surface area contributed by atoms with Gasteiger partial charge in [-0.2, -0.15) is 10.2 Å². The minimum atomic E-state index is 0.422. The molecule has 0 amide bonds. The molecule has 36 heavy (non-hydrogen) atoms. The Morgan fingerprint density at radius 2 is 1.03 bits per heavy atom. The second kappa shape index (κ2) is 13.5. The van der Waals surface area contributed by atoms with Crippen LogP contribution in [0.25, 0.3) is 0 Å². The van der Waals surface area contributed by atoms with Crippen LogP contribution in [0.4, 0.5) is 11.4 Å². The average Bonchev–Trinajstić information content (AvgIpc) is 2.85. The number of thiocarbonyl (C=S) groups is 2. The molecule has 0 aliphatic rings. The molecule has 3 rings (SSSR count). The van der Waals surface area contributed by atoms with Crippen molar-refractivity contribution in [2.45, 2.75) is 39.5 Å². The molecule has 0 fully saturated rings. The fourth-order valence-corrected chi connectivity index (χ4v) is 3.61. The Kier molecular flexibility index (Phi) is 10.1. The fourth-order valence-electron chi connectivity index (χ4n) is 3.27. The highest BCUT2D eigenvalue weighted by Gasteiger charge is 2.01. The highest BCUT2D eigenvalue weighted by molar-refractivity contribution is 7.80. The molecule has 0 unspecified atom stereocenters. The summed E-state index contributed by atoms with van der Waals surface area (Å²) in [4.78, 5) is 0. The summed E-state index contributed by atoms with van der Waals surface area (Å²) in [6.45, 7) is 8.67. The lowest BCUT2D eigenvalue weighted by Gasteiger charge is -2.09. The molecule has 0 aromatic heterocycles. The molecule has 0 atom stereocenters. The van der Waals surface area contributed by atoms with Crippen molar-refractivity contribution < 1.29 is 0 Å². The molecule has 0 heterocycles. The van der Waals surface area contributed by atoms with Gasteiger partial charge in [0.25, 0.3) is 0 Å². The van der Waals surface area contributed by atoms with Gasteiger partial charge in [-0.1, -0.05) is 70.2 Å². The van der Waals surface area contributed by atoms with E-state index < -0.39 is 0 Å². The summed E-state index contributed by atoms with van der Waals surface area (Å²) in [5, 5.41) is 15.6. The number of hydrazone groups is 2. The Labute approximate surface area is 224 Å². The quantitative estimate of drug-likeness (QED) is 0.154. The van der Waals surface area contributed by atoms with Gasteiger partial charge < -0.3 is 10.6 Å². The van der Waals surface area contributed by atoms with Gasteiger partial charge in [-0.15, -0.1) is 0 Å². The van der Waals surface area contributed by atoms with E-state index >= 15 is 0 Å². The summed E-state index contributed by atoms with van der Waals surface area (Å²) in [6.07, 6.45) is 3.40. The smallest absolute Gasteiger partial charge is 0.191 e. The normalized spacial score (nSPS) is 11.3. The first kappa shape index (κ1) is 27.0. The number of benzene rings is 3. The second-order valence-corrected chi connectivity index (χ2v) is 9.69. The minimum absolute atomic E-state index is 0.422. The Bertz CT molecular complexity index is 1120. The summed E-state index contributed by atoms with van der Waals surface area (Å²) in [5.74, 6) is 0.984. The number of hydrogen-bond acceptors (Lipinski definition) is 4. The molecule has 8 heteroatoms. The van der Waals surface area contributed by atoms with Crippen LogP contribution in [-0.4, -0.2) is 22.7 Å². The second-order valence-electron chi connectivity index (χ2n) is 8.87. The van der Waals surface area contributed by atoms with Crippen LogP contribution in [0, 0.1) is 0 Å². The van der Waals surface area contributed by atoms with Crippen LogP contribution < -0.4 is 21.5 Å². The van der Waals surface area contributed by atoms with Crippen LogP contribution in [-0.2, 0) is 0 Å². The fraction of sp³-hybridized carbons (Fsp3) is 0.214. The molecule has 0 saturated heterocycles. The molecule has 3 aromatic rings. The van der Waals surface area contributed by atoms with E-state index in [0.29, 0.717) is 22.1 Å². The highest BCUT2D eigenvalue weighted by Crippen LogP contribution is 2.18. The SMILES string of the molecule is CC(C)c1ccc(NC(=S)N/N=C/c2cccc(/C=N/NC(=S)Nc3ccc(C(C)C)cc3)c2)cc1. The lowest BCUT2D eigenvalue weighted by molar-refractivity contribution is 0.867. The van der Waals surface area contributed by atoms with Crippen LogP contribution in [0.3, 0.4) is 0 Å². The van der Waals surface area contributed by atoms with Crippen molar-refractivity contribution in [3.05, 3.63) is 95.1 Å². The van der Waals surface area contributed by atoms with Crippen molar-refractivity contribution in [1.29, 1.82) is 0 Å². The predicted octanol–water partition coefficient (Wildman–Crippen LogP) is 6.57. The number of anilines is 2. The van der Waals surface area contributed by atoms with E-state index in [9.17, 15) is 0 Å². The van der Waals surface area contributed by atoms with Gasteiger partial charge in [0, 0.05) is 11.4 Å². The molecular weight excluding hydrogens is 484 g/mol. The van der Waals surface area contributed by atoms with E-state index in [1.807, 2.05) is 48.5 Å². The predicted molar refractivity (Wildman–Crippen MR) is 161 cm³/mol. The standard InChI is InChI=1S/C28H32N6S2/c1-19(2)23-8-12-25(13-9-23)31-27(35)33-29-17-21-6-5-7-22(16-21)18-30-34-28(36)32-26-14-10-24(11-15-26)20(3)4/h5-20H,1-4H3,(H2,31,33,35)(H2,32,34,36)/b29-17+,30-18+. The summed E-state index contributed by atoms with van der Waals surface area (Å²) < 4.78 is 0. The third-order valence-corrected chi connectivity index (χ3v) is 5.73. The van der Waals surface area contributed by atoms with Crippen LogP contribution in [0.1, 0.15) is 61.8 Å². The lowest BCUT2D eigenvalue weighted by atomic mass is 10.0. The first-order valence-electron chi connectivity index (χ1n) is 11.8. The Hall–Kier alpha value is -3.62. The Balaban J connectivity index is 1.46. The Morgan fingerprint density at radius 1 is 0.639 bits per heavy atom. The zero-order valence-corrected chi connectivity index (χ0v) is 22.6. The molecule has 0 aliphatic carbocycles. The largest absolute Gasteiger partial charge is 0.331 e. The van der Waals surface area contributed by atoms with Crippen LogP contribution in [0.2, 0.25) is 0 Å². The van der Waals surface area contributed by atoms with Crippen LogP contribution in [0.5, 0.6) is 0 Å². The van der Waals surface area contributed by atoms with Crippen LogP contribution >= 0.6 is 24.4 Å². The number of nitrogens with one attached hydrogen (secondary N) is 4. The average molecular weight is 517 g/mol. The molecule has 0 spiro atoms. The number of rotatable bonds is 8. The zero-order valence-electron chi connectivity index (χ0n) is 20.9. The van der Waals surface area contributed by atoms with Crippen molar-refractivity contribution in [2.24, 2.45) is 10.2 Å². The van der Waals surface area contributed by atoms with Gasteiger partial charge in [0.15, 0.2) is 10.2 Å². The molecule has 0 bridgehead atoms. The van der Waals surface area contributed by atoms with Gasteiger partial charge in [-0.05, 0) is 88.9 Å². The first-order valence-corrected chi connectivity index (χ1v) is 12.6. The van der Waals surface area contributed by atoms with Crippen LogP contribution in [0.15, 0.2) is 83.0 Å². The third kappa shape index (κ3) is 8.87. The third-order valence-electron chi connectivity index (χ3n) is 5.34. The van der Waals surface area contributed by atoms with Crippen molar-refractivity contribution in [2.75, 3.05) is 10.6 Å². The zero-order chi connectivity index (χ0) is 25.9. The van der Waals surface area contributed by atoms with E-state index in [4.69, 9.17) is 24.4 Å².